The minimum Gasteiger partial charge on any atom is -0.461 e. The van der Waals surface area contributed by atoms with E-state index in [1.54, 1.807) is 30.6 Å². The molecule has 0 radical (unpaired) electrons. The van der Waals surface area contributed by atoms with Crippen molar-refractivity contribution in [3.63, 3.8) is 0 Å². The van der Waals surface area contributed by atoms with Gasteiger partial charge in [-0.15, -0.1) is 0 Å². The average Bonchev–Trinajstić information content (AvgIpc) is 3.14. The number of anilines is 1. The number of rotatable bonds is 7. The Bertz CT molecular complexity index is 1270. The van der Waals surface area contributed by atoms with Crippen molar-refractivity contribution in [2.24, 2.45) is 0 Å². The van der Waals surface area contributed by atoms with Crippen molar-refractivity contribution >= 4 is 40.5 Å². The first-order valence-electron chi connectivity index (χ1n) is 11.1. The number of ether oxygens (including phenoxy) is 3. The van der Waals surface area contributed by atoms with Crippen LogP contribution in [0.1, 0.15) is 18.2 Å². The number of carbonyl (C=O) groups excluding carboxylic acids is 2. The molecule has 37 heavy (non-hydrogen) atoms. The summed E-state index contributed by atoms with van der Waals surface area (Å²) in [7, 11) is 0. The molecule has 196 valence electrons. The fourth-order valence-corrected chi connectivity index (χ4v) is 4.50. The second-order valence-corrected chi connectivity index (χ2v) is 9.68. The van der Waals surface area contributed by atoms with Gasteiger partial charge in [-0.3, -0.25) is 19.2 Å². The van der Waals surface area contributed by atoms with Crippen LogP contribution < -0.4 is 11.4 Å². The highest BCUT2D eigenvalue weighted by Crippen LogP contribution is 2.30. The Morgan fingerprint density at radius 2 is 2.03 bits per heavy atom. The Balaban J connectivity index is 1.31. The van der Waals surface area contributed by atoms with Crippen molar-refractivity contribution in [2.45, 2.75) is 37.6 Å². The number of aromatic nitrogens is 3. The van der Waals surface area contributed by atoms with Crippen LogP contribution >= 0.6 is 22.6 Å². The predicted octanol–water partition coefficient (Wildman–Crippen LogP) is 0.628. The number of amides is 1. The molecule has 0 aliphatic carbocycles. The minimum atomic E-state index is -1.47. The van der Waals surface area contributed by atoms with Gasteiger partial charge in [-0.25, -0.2) is 9.59 Å². The predicted molar refractivity (Wildman–Crippen MR) is 136 cm³/mol. The number of pyridine rings is 1. The maximum Gasteiger partial charge on any atom is 0.414 e. The van der Waals surface area contributed by atoms with Crippen LogP contribution in [-0.2, 0) is 25.6 Å². The van der Waals surface area contributed by atoms with Crippen molar-refractivity contribution in [1.29, 1.82) is 0 Å². The van der Waals surface area contributed by atoms with Gasteiger partial charge in [0, 0.05) is 39.5 Å². The van der Waals surface area contributed by atoms with Gasteiger partial charge in [0.05, 0.1) is 19.1 Å². The summed E-state index contributed by atoms with van der Waals surface area (Å²) in [4.78, 5) is 45.9. The second-order valence-electron chi connectivity index (χ2n) is 8.29. The average molecular weight is 625 g/mol. The molecule has 2 aliphatic rings. The molecular formula is C23H24IN5O8. The Kier molecular flexibility index (Phi) is 8.52. The zero-order chi connectivity index (χ0) is 26.5. The number of nitrogens with two attached hydrogens (primary N) is 1. The zero-order valence-electron chi connectivity index (χ0n) is 19.3. The Morgan fingerprint density at radius 3 is 2.76 bits per heavy atom. The van der Waals surface area contributed by atoms with Crippen LogP contribution in [0, 0.1) is 0 Å². The maximum absolute atomic E-state index is 12.5. The van der Waals surface area contributed by atoms with E-state index in [4.69, 9.17) is 19.9 Å². The smallest absolute Gasteiger partial charge is 0.414 e. The number of halogens is 1. The van der Waals surface area contributed by atoms with Crippen molar-refractivity contribution in [1.82, 2.24) is 19.4 Å². The van der Waals surface area contributed by atoms with Crippen LogP contribution in [0.3, 0.4) is 0 Å². The lowest BCUT2D eigenvalue weighted by Gasteiger charge is -2.23. The van der Waals surface area contributed by atoms with Gasteiger partial charge in [-0.2, -0.15) is 4.98 Å². The van der Waals surface area contributed by atoms with Gasteiger partial charge in [0.25, 0.3) is 0 Å². The monoisotopic (exact) mass is 625 g/mol. The SMILES string of the molecule is Nc1ccn([C@@H]2O[C@H](CC(=O)OCC3=CN(C(=O)OCc4cccnc4)CC(I)=C3)[C@@H](O)[C@H]2O)c(=O)n1. The molecule has 0 spiro atoms. The van der Waals surface area contributed by atoms with Crippen molar-refractivity contribution < 1.29 is 34.0 Å². The molecule has 2 aliphatic heterocycles. The zero-order valence-corrected chi connectivity index (χ0v) is 21.5. The molecular weight excluding hydrogens is 601 g/mol. The highest BCUT2D eigenvalue weighted by molar-refractivity contribution is 14.1. The molecule has 4 heterocycles. The number of aliphatic hydroxyl groups excluding tert-OH is 2. The molecule has 0 aromatic carbocycles. The number of esters is 1. The van der Waals surface area contributed by atoms with Gasteiger partial charge in [0.2, 0.25) is 0 Å². The standard InChI is InChI=1S/C23H24IN5O8/c24-15-6-14(9-28(10-15)23(34)36-11-13-2-1-4-26-8-13)12-35-18(30)7-16-19(31)20(32)21(37-16)29-5-3-17(25)27-22(29)33/h1-6,8-9,16,19-21,31-32H,7,10-12H2,(H2,25,27,33)/t16-,19-,20-,21-/m1/s1. The number of nitrogens with zero attached hydrogens (tertiary/aromatic N) is 4. The van der Waals surface area contributed by atoms with E-state index in [-0.39, 0.29) is 25.5 Å². The summed E-state index contributed by atoms with van der Waals surface area (Å²) in [6, 6.07) is 4.88. The normalized spacial score (nSPS) is 23.3. The van der Waals surface area contributed by atoms with Gasteiger partial charge in [0.1, 0.15) is 31.2 Å². The minimum absolute atomic E-state index is 0.00420. The molecule has 4 rings (SSSR count). The molecule has 13 nitrogen and oxygen atoms in total. The lowest BCUT2D eigenvalue weighted by Crippen LogP contribution is -2.36. The van der Waals surface area contributed by atoms with Gasteiger partial charge in [-0.05, 0) is 40.8 Å². The molecule has 1 saturated heterocycles. The first-order chi connectivity index (χ1) is 17.7. The van der Waals surface area contributed by atoms with E-state index in [1.165, 1.54) is 23.4 Å². The fraction of sp³-hybridized carbons (Fsp3) is 0.348. The van der Waals surface area contributed by atoms with E-state index in [9.17, 15) is 24.6 Å². The summed E-state index contributed by atoms with van der Waals surface area (Å²) in [5, 5.41) is 20.7. The molecule has 0 unspecified atom stereocenters. The van der Waals surface area contributed by atoms with Crippen LogP contribution in [0.15, 0.2) is 63.0 Å². The topological polar surface area (TPSA) is 179 Å². The second kappa shape index (κ2) is 11.8. The Hall–Kier alpha value is -3.34. The van der Waals surface area contributed by atoms with Crippen LogP contribution in [-0.4, -0.2) is 73.2 Å². The fourth-order valence-electron chi connectivity index (χ4n) is 3.73. The van der Waals surface area contributed by atoms with Gasteiger partial charge >= 0.3 is 17.8 Å². The van der Waals surface area contributed by atoms with E-state index in [2.05, 4.69) is 32.6 Å². The molecule has 0 saturated carbocycles. The largest absolute Gasteiger partial charge is 0.461 e. The van der Waals surface area contributed by atoms with Gasteiger partial charge in [-0.1, -0.05) is 6.07 Å². The number of nitrogen functional groups attached to an aromatic ring is 1. The Morgan fingerprint density at radius 1 is 1.22 bits per heavy atom. The lowest BCUT2D eigenvalue weighted by atomic mass is 10.1. The highest BCUT2D eigenvalue weighted by atomic mass is 127. The quantitative estimate of drug-likeness (QED) is 0.290. The third-order valence-corrected chi connectivity index (χ3v) is 6.19. The van der Waals surface area contributed by atoms with E-state index in [1.807, 2.05) is 0 Å². The summed E-state index contributed by atoms with van der Waals surface area (Å²) in [5.74, 6) is -0.712. The van der Waals surface area contributed by atoms with Gasteiger partial charge in [0.15, 0.2) is 6.23 Å². The molecule has 2 aromatic heterocycles. The maximum atomic E-state index is 12.5. The molecule has 0 bridgehead atoms. The van der Waals surface area contributed by atoms with Gasteiger partial charge < -0.3 is 30.2 Å². The lowest BCUT2D eigenvalue weighted by molar-refractivity contribution is -0.147. The van der Waals surface area contributed by atoms with Crippen LogP contribution in [0.25, 0.3) is 0 Å². The van der Waals surface area contributed by atoms with Crippen LogP contribution in [0.5, 0.6) is 0 Å². The first kappa shape index (κ1) is 26.7. The summed E-state index contributed by atoms with van der Waals surface area (Å²) < 4.78 is 18.0. The van der Waals surface area contributed by atoms with E-state index < -0.39 is 42.3 Å². The summed E-state index contributed by atoms with van der Waals surface area (Å²) in [5.41, 5.74) is 6.00. The summed E-state index contributed by atoms with van der Waals surface area (Å²) in [6.45, 7) is 0.231. The van der Waals surface area contributed by atoms with Crippen LogP contribution in [0.4, 0.5) is 10.6 Å². The molecule has 1 amide bonds. The van der Waals surface area contributed by atoms with Crippen molar-refractivity contribution in [2.75, 3.05) is 18.9 Å². The molecule has 4 N–H and O–H groups in total. The van der Waals surface area contributed by atoms with Crippen molar-refractivity contribution in [3.8, 4) is 0 Å². The van der Waals surface area contributed by atoms with E-state index in [0.717, 1.165) is 13.7 Å². The number of hydrogen-bond donors (Lipinski definition) is 3. The first-order valence-corrected chi connectivity index (χ1v) is 12.2. The third-order valence-electron chi connectivity index (χ3n) is 5.54. The Labute approximate surface area is 224 Å². The number of hydrogen-bond acceptors (Lipinski definition) is 11. The number of carbonyl (C=O) groups is 2. The molecule has 14 heteroatoms. The molecule has 1 fully saturated rings. The summed E-state index contributed by atoms with van der Waals surface area (Å²) in [6.07, 6.45) is 1.59. The highest BCUT2D eigenvalue weighted by Gasteiger charge is 2.45. The van der Waals surface area contributed by atoms with E-state index in [0.29, 0.717) is 12.1 Å². The van der Waals surface area contributed by atoms with Crippen molar-refractivity contribution in [3.05, 3.63) is 74.3 Å². The number of aliphatic hydroxyl groups is 2. The summed E-state index contributed by atoms with van der Waals surface area (Å²) >= 11 is 2.07. The van der Waals surface area contributed by atoms with E-state index >= 15 is 0 Å². The van der Waals surface area contributed by atoms with Crippen LogP contribution in [0.2, 0.25) is 0 Å². The molecule has 4 atom stereocenters. The third kappa shape index (κ3) is 6.71. The molecule has 2 aromatic rings.